The minimum Gasteiger partial charge on any atom is -0.198 e. The maximum absolute atomic E-state index is 9.45. The Labute approximate surface area is 112 Å². The number of halogens is 1. The van der Waals surface area contributed by atoms with E-state index in [-0.39, 0.29) is 5.92 Å². The summed E-state index contributed by atoms with van der Waals surface area (Å²) in [7, 11) is 0. The van der Waals surface area contributed by atoms with E-state index in [9.17, 15) is 5.26 Å². The maximum Gasteiger partial charge on any atom is 0.0741 e. The molecule has 1 atom stereocenters. The van der Waals surface area contributed by atoms with Gasteiger partial charge in [0, 0.05) is 4.47 Å². The summed E-state index contributed by atoms with van der Waals surface area (Å²) in [6, 6.07) is 10.8. The van der Waals surface area contributed by atoms with Crippen molar-refractivity contribution in [3.8, 4) is 6.07 Å². The first-order chi connectivity index (χ1) is 8.31. The standard InChI is InChI=1S/C15H18BrN/c16-14-9-5-8-13(10-14)15(11-17)12-6-3-1-2-4-7-12/h5,8-10,12,15H,1-4,6-7H2. The van der Waals surface area contributed by atoms with Crippen molar-refractivity contribution in [3.63, 3.8) is 0 Å². The molecule has 0 radical (unpaired) electrons. The van der Waals surface area contributed by atoms with Crippen LogP contribution in [0.3, 0.4) is 0 Å². The Balaban J connectivity index is 2.18. The topological polar surface area (TPSA) is 23.8 Å². The lowest BCUT2D eigenvalue weighted by atomic mass is 9.82. The SMILES string of the molecule is N#CC(c1cccc(Br)c1)C1CCCCCC1. The number of nitrogens with zero attached hydrogens (tertiary/aromatic N) is 1. The quantitative estimate of drug-likeness (QED) is 0.701. The monoisotopic (exact) mass is 291 g/mol. The van der Waals surface area contributed by atoms with E-state index in [2.05, 4.69) is 34.1 Å². The van der Waals surface area contributed by atoms with Gasteiger partial charge in [-0.3, -0.25) is 0 Å². The zero-order valence-corrected chi connectivity index (χ0v) is 11.6. The third-order valence-electron chi connectivity index (χ3n) is 3.72. The molecule has 1 aromatic rings. The zero-order chi connectivity index (χ0) is 12.1. The molecule has 1 unspecified atom stereocenters. The predicted molar refractivity (Wildman–Crippen MR) is 73.7 cm³/mol. The second-order valence-electron chi connectivity index (χ2n) is 4.91. The van der Waals surface area contributed by atoms with Gasteiger partial charge in [0.1, 0.15) is 0 Å². The summed E-state index contributed by atoms with van der Waals surface area (Å²) in [5.41, 5.74) is 1.17. The molecule has 0 aromatic heterocycles. The van der Waals surface area contributed by atoms with E-state index >= 15 is 0 Å². The van der Waals surface area contributed by atoms with Crippen molar-refractivity contribution in [2.24, 2.45) is 5.92 Å². The number of rotatable bonds is 2. The molecule has 1 saturated carbocycles. The molecular weight excluding hydrogens is 274 g/mol. The molecule has 0 bridgehead atoms. The van der Waals surface area contributed by atoms with Gasteiger partial charge < -0.3 is 0 Å². The first-order valence-electron chi connectivity index (χ1n) is 6.46. The Hall–Kier alpha value is -0.810. The van der Waals surface area contributed by atoms with Crippen LogP contribution < -0.4 is 0 Å². The Morgan fingerprint density at radius 1 is 1.18 bits per heavy atom. The van der Waals surface area contributed by atoms with Crippen molar-refractivity contribution in [1.29, 1.82) is 5.26 Å². The lowest BCUT2D eigenvalue weighted by molar-refractivity contribution is 0.424. The molecule has 90 valence electrons. The highest BCUT2D eigenvalue weighted by molar-refractivity contribution is 9.10. The summed E-state index contributed by atoms with van der Waals surface area (Å²) in [6.07, 6.45) is 7.68. The third-order valence-corrected chi connectivity index (χ3v) is 4.21. The van der Waals surface area contributed by atoms with E-state index in [0.717, 1.165) is 4.47 Å². The van der Waals surface area contributed by atoms with Crippen LogP contribution in [0, 0.1) is 17.2 Å². The average molecular weight is 292 g/mol. The normalized spacial score (nSPS) is 19.3. The van der Waals surface area contributed by atoms with Gasteiger partial charge in [-0.2, -0.15) is 5.26 Å². The Morgan fingerprint density at radius 2 is 1.88 bits per heavy atom. The summed E-state index contributed by atoms with van der Waals surface area (Å²) < 4.78 is 1.07. The molecule has 1 aromatic carbocycles. The molecule has 1 aliphatic rings. The molecule has 2 heteroatoms. The minimum absolute atomic E-state index is 0.0746. The number of hydrogen-bond donors (Lipinski definition) is 0. The van der Waals surface area contributed by atoms with Crippen LogP contribution in [0.15, 0.2) is 28.7 Å². The predicted octanol–water partition coefficient (Wildman–Crippen LogP) is 5.03. The summed E-state index contributed by atoms with van der Waals surface area (Å²) in [6.45, 7) is 0. The summed E-state index contributed by atoms with van der Waals surface area (Å²) >= 11 is 3.49. The van der Waals surface area contributed by atoms with Crippen LogP contribution in [0.4, 0.5) is 0 Å². The average Bonchev–Trinajstić information content (AvgIpc) is 2.59. The molecule has 0 heterocycles. The fourth-order valence-corrected chi connectivity index (χ4v) is 3.21. The van der Waals surface area contributed by atoms with Crippen LogP contribution in [-0.4, -0.2) is 0 Å². The maximum atomic E-state index is 9.45. The Morgan fingerprint density at radius 3 is 2.47 bits per heavy atom. The van der Waals surface area contributed by atoms with Crippen LogP contribution in [0.1, 0.15) is 50.0 Å². The lowest BCUT2D eigenvalue weighted by Gasteiger charge is -2.20. The van der Waals surface area contributed by atoms with Gasteiger partial charge in [-0.1, -0.05) is 53.7 Å². The second kappa shape index (κ2) is 6.21. The van der Waals surface area contributed by atoms with Gasteiger partial charge in [-0.05, 0) is 36.5 Å². The molecule has 0 aliphatic heterocycles. The molecular formula is C15H18BrN. The Bertz CT molecular complexity index is 400. The van der Waals surface area contributed by atoms with Gasteiger partial charge >= 0.3 is 0 Å². The first-order valence-corrected chi connectivity index (χ1v) is 7.25. The van der Waals surface area contributed by atoms with Gasteiger partial charge in [0.2, 0.25) is 0 Å². The fraction of sp³-hybridized carbons (Fsp3) is 0.533. The minimum atomic E-state index is 0.0746. The van der Waals surface area contributed by atoms with Crippen molar-refractivity contribution in [2.45, 2.75) is 44.4 Å². The molecule has 1 fully saturated rings. The van der Waals surface area contributed by atoms with Crippen LogP contribution in [0.2, 0.25) is 0 Å². The van der Waals surface area contributed by atoms with E-state index in [1.165, 1.54) is 44.1 Å². The highest BCUT2D eigenvalue weighted by Gasteiger charge is 2.23. The van der Waals surface area contributed by atoms with E-state index in [1.54, 1.807) is 0 Å². The molecule has 1 nitrogen and oxygen atoms in total. The van der Waals surface area contributed by atoms with E-state index < -0.39 is 0 Å². The summed E-state index contributed by atoms with van der Waals surface area (Å²) in [4.78, 5) is 0. The third kappa shape index (κ3) is 3.33. The second-order valence-corrected chi connectivity index (χ2v) is 5.83. The molecule has 0 spiro atoms. The smallest absolute Gasteiger partial charge is 0.0741 e. The molecule has 0 N–H and O–H groups in total. The number of hydrogen-bond acceptors (Lipinski definition) is 1. The van der Waals surface area contributed by atoms with Crippen LogP contribution in [0.5, 0.6) is 0 Å². The lowest BCUT2D eigenvalue weighted by Crippen LogP contribution is -2.10. The molecule has 2 rings (SSSR count). The molecule has 0 saturated heterocycles. The summed E-state index contributed by atoms with van der Waals surface area (Å²) in [5.74, 6) is 0.627. The highest BCUT2D eigenvalue weighted by Crippen LogP contribution is 2.35. The van der Waals surface area contributed by atoms with Crippen LogP contribution >= 0.6 is 15.9 Å². The van der Waals surface area contributed by atoms with Gasteiger partial charge in [-0.15, -0.1) is 0 Å². The van der Waals surface area contributed by atoms with E-state index in [1.807, 2.05) is 12.1 Å². The van der Waals surface area contributed by atoms with Crippen molar-refractivity contribution >= 4 is 15.9 Å². The Kier molecular flexibility index (Phi) is 4.62. The highest BCUT2D eigenvalue weighted by atomic mass is 79.9. The van der Waals surface area contributed by atoms with Crippen molar-refractivity contribution < 1.29 is 0 Å². The van der Waals surface area contributed by atoms with Crippen LogP contribution in [0.25, 0.3) is 0 Å². The number of nitriles is 1. The van der Waals surface area contributed by atoms with Gasteiger partial charge in [0.05, 0.1) is 12.0 Å². The van der Waals surface area contributed by atoms with Crippen molar-refractivity contribution in [1.82, 2.24) is 0 Å². The van der Waals surface area contributed by atoms with Gasteiger partial charge in [0.25, 0.3) is 0 Å². The van der Waals surface area contributed by atoms with E-state index in [4.69, 9.17) is 0 Å². The molecule has 0 amide bonds. The summed E-state index contributed by atoms with van der Waals surface area (Å²) in [5, 5.41) is 9.45. The zero-order valence-electron chi connectivity index (χ0n) is 10.0. The fourth-order valence-electron chi connectivity index (χ4n) is 2.80. The van der Waals surface area contributed by atoms with Gasteiger partial charge in [0.15, 0.2) is 0 Å². The first kappa shape index (κ1) is 12.6. The molecule has 1 aliphatic carbocycles. The van der Waals surface area contributed by atoms with Crippen molar-refractivity contribution in [2.75, 3.05) is 0 Å². The molecule has 17 heavy (non-hydrogen) atoms. The van der Waals surface area contributed by atoms with Crippen LogP contribution in [-0.2, 0) is 0 Å². The number of benzene rings is 1. The van der Waals surface area contributed by atoms with Crippen molar-refractivity contribution in [3.05, 3.63) is 34.3 Å². The van der Waals surface area contributed by atoms with Gasteiger partial charge in [-0.25, -0.2) is 0 Å². The van der Waals surface area contributed by atoms with E-state index in [0.29, 0.717) is 5.92 Å². The largest absolute Gasteiger partial charge is 0.198 e.